The largest absolute Gasteiger partial charge is 0.497 e. The molecule has 4 rings (SSSR count). The topological polar surface area (TPSA) is 82.6 Å². The highest BCUT2D eigenvalue weighted by Gasteiger charge is 2.28. The quantitative estimate of drug-likeness (QED) is 0.761. The van der Waals surface area contributed by atoms with E-state index < -0.39 is 6.10 Å². The summed E-state index contributed by atoms with van der Waals surface area (Å²) in [5, 5.41) is 3.13. The molecule has 1 aliphatic heterocycles. The van der Waals surface area contributed by atoms with Crippen molar-refractivity contribution in [3.8, 4) is 28.6 Å². The van der Waals surface area contributed by atoms with E-state index in [1.165, 1.54) is 0 Å². The zero-order valence-corrected chi connectivity index (χ0v) is 14.7. The summed E-state index contributed by atoms with van der Waals surface area (Å²) >= 11 is 1.11. The minimum Gasteiger partial charge on any atom is -0.497 e. The molecule has 0 saturated carbocycles. The fourth-order valence-corrected chi connectivity index (χ4v) is 3.08. The Morgan fingerprint density at radius 3 is 2.92 bits per heavy atom. The van der Waals surface area contributed by atoms with Crippen LogP contribution in [0.25, 0.3) is 11.4 Å². The number of benzene rings is 2. The van der Waals surface area contributed by atoms with Crippen LogP contribution in [-0.4, -0.2) is 35.1 Å². The molecule has 2 aromatic carbocycles. The number of nitrogens with zero attached hydrogens (tertiary/aromatic N) is 2. The van der Waals surface area contributed by atoms with Gasteiger partial charge in [-0.1, -0.05) is 24.3 Å². The lowest BCUT2D eigenvalue weighted by Crippen LogP contribution is -2.40. The third kappa shape index (κ3) is 3.31. The van der Waals surface area contributed by atoms with Crippen molar-refractivity contribution in [3.63, 3.8) is 0 Å². The van der Waals surface area contributed by atoms with E-state index >= 15 is 0 Å². The van der Waals surface area contributed by atoms with Crippen molar-refractivity contribution in [2.75, 3.05) is 19.0 Å². The Bertz CT molecular complexity index is 943. The molecule has 0 unspecified atom stereocenters. The molecule has 0 fully saturated rings. The van der Waals surface area contributed by atoms with Crippen LogP contribution in [-0.2, 0) is 4.79 Å². The molecule has 0 aliphatic carbocycles. The molecule has 0 radical (unpaired) electrons. The van der Waals surface area contributed by atoms with Gasteiger partial charge in [-0.05, 0) is 24.3 Å². The molecule has 1 N–H and O–H groups in total. The van der Waals surface area contributed by atoms with Crippen LogP contribution in [0.5, 0.6) is 17.2 Å². The van der Waals surface area contributed by atoms with Crippen LogP contribution in [0.4, 0.5) is 5.13 Å². The van der Waals surface area contributed by atoms with Crippen molar-refractivity contribution in [1.29, 1.82) is 0 Å². The van der Waals surface area contributed by atoms with Crippen molar-refractivity contribution in [3.05, 3.63) is 48.5 Å². The van der Waals surface area contributed by atoms with Gasteiger partial charge in [0.15, 0.2) is 17.3 Å². The van der Waals surface area contributed by atoms with Crippen LogP contribution < -0.4 is 19.5 Å². The van der Waals surface area contributed by atoms with E-state index in [0.717, 1.165) is 17.1 Å². The molecule has 7 nitrogen and oxygen atoms in total. The van der Waals surface area contributed by atoms with Gasteiger partial charge in [-0.2, -0.15) is 9.36 Å². The Morgan fingerprint density at radius 2 is 2.08 bits per heavy atom. The molecule has 132 valence electrons. The molecule has 1 aromatic heterocycles. The third-order valence-corrected chi connectivity index (χ3v) is 4.42. The molecule has 0 bridgehead atoms. The smallest absolute Gasteiger partial charge is 0.270 e. The van der Waals surface area contributed by atoms with Gasteiger partial charge in [0.05, 0.1) is 7.11 Å². The number of anilines is 1. The number of hydrogen-bond donors (Lipinski definition) is 1. The van der Waals surface area contributed by atoms with Crippen molar-refractivity contribution >= 4 is 22.6 Å². The second-order valence-electron chi connectivity index (χ2n) is 5.51. The van der Waals surface area contributed by atoms with Gasteiger partial charge in [0.1, 0.15) is 12.4 Å². The van der Waals surface area contributed by atoms with Gasteiger partial charge >= 0.3 is 0 Å². The minimum absolute atomic E-state index is 0.143. The first kappa shape index (κ1) is 16.3. The number of methoxy groups -OCH3 is 1. The van der Waals surface area contributed by atoms with Crippen LogP contribution in [0.15, 0.2) is 48.5 Å². The van der Waals surface area contributed by atoms with Crippen LogP contribution in [0.3, 0.4) is 0 Å². The molecule has 2 heterocycles. The summed E-state index contributed by atoms with van der Waals surface area (Å²) < 4.78 is 20.7. The number of fused-ring (bicyclic) bond motifs is 1. The Hall–Kier alpha value is -3.13. The van der Waals surface area contributed by atoms with Gasteiger partial charge in [0.2, 0.25) is 11.2 Å². The summed E-state index contributed by atoms with van der Waals surface area (Å²) in [7, 11) is 1.60. The molecule has 1 amide bonds. The number of amides is 1. The van der Waals surface area contributed by atoms with Crippen molar-refractivity contribution in [1.82, 2.24) is 9.36 Å². The lowest BCUT2D eigenvalue weighted by molar-refractivity contribution is -0.125. The van der Waals surface area contributed by atoms with E-state index in [0.29, 0.717) is 28.2 Å². The first-order chi connectivity index (χ1) is 12.7. The molecule has 1 aliphatic rings. The number of rotatable bonds is 4. The Balaban J connectivity index is 1.45. The molecule has 0 spiro atoms. The molecular formula is C18H15N3O4S. The number of nitrogens with one attached hydrogen (secondary N) is 1. The monoisotopic (exact) mass is 369 g/mol. The highest BCUT2D eigenvalue weighted by Crippen LogP contribution is 2.31. The van der Waals surface area contributed by atoms with Crippen molar-refractivity contribution < 1.29 is 19.0 Å². The second kappa shape index (κ2) is 7.01. The summed E-state index contributed by atoms with van der Waals surface area (Å²) in [4.78, 5) is 16.8. The maximum atomic E-state index is 12.4. The predicted octanol–water partition coefficient (Wildman–Crippen LogP) is 2.99. The maximum Gasteiger partial charge on any atom is 0.270 e. The molecule has 0 saturated heterocycles. The lowest BCUT2D eigenvalue weighted by atomic mass is 10.2. The molecule has 1 atom stereocenters. The molecular weight excluding hydrogens is 354 g/mol. The fourth-order valence-electron chi connectivity index (χ4n) is 2.49. The summed E-state index contributed by atoms with van der Waals surface area (Å²) in [5.41, 5.74) is 0.812. The molecule has 26 heavy (non-hydrogen) atoms. The number of ether oxygens (including phenoxy) is 3. The zero-order valence-electron chi connectivity index (χ0n) is 13.8. The normalized spacial score (nSPS) is 15.3. The highest BCUT2D eigenvalue weighted by atomic mass is 32.1. The number of hydrogen-bond acceptors (Lipinski definition) is 7. The predicted molar refractivity (Wildman–Crippen MR) is 96.9 cm³/mol. The van der Waals surface area contributed by atoms with Crippen LogP contribution in [0, 0.1) is 0 Å². The van der Waals surface area contributed by atoms with E-state index in [4.69, 9.17) is 14.2 Å². The standard InChI is InChI=1S/C18H15N3O4S/c1-23-12-6-4-5-11(9-12)16-19-18(26-21-16)20-17(22)15-10-24-13-7-2-3-8-14(13)25-15/h2-9,15H,10H2,1H3,(H,19,20,21,22)/t15-/m0/s1. The van der Waals surface area contributed by atoms with E-state index in [9.17, 15) is 4.79 Å². The number of carbonyl (C=O) groups is 1. The van der Waals surface area contributed by atoms with Crippen LogP contribution in [0.1, 0.15) is 0 Å². The number of para-hydroxylation sites is 2. The second-order valence-corrected chi connectivity index (χ2v) is 6.26. The first-order valence-electron chi connectivity index (χ1n) is 7.90. The first-order valence-corrected chi connectivity index (χ1v) is 8.68. The molecule has 3 aromatic rings. The van der Waals surface area contributed by atoms with Gasteiger partial charge < -0.3 is 14.2 Å². The third-order valence-electron chi connectivity index (χ3n) is 3.79. The lowest BCUT2D eigenvalue weighted by Gasteiger charge is -2.25. The van der Waals surface area contributed by atoms with Crippen LogP contribution in [0.2, 0.25) is 0 Å². The van der Waals surface area contributed by atoms with Gasteiger partial charge in [0, 0.05) is 17.1 Å². The summed E-state index contributed by atoms with van der Waals surface area (Å²) in [6, 6.07) is 14.7. The number of aromatic nitrogens is 2. The van der Waals surface area contributed by atoms with Crippen LogP contribution >= 0.6 is 11.5 Å². The Kier molecular flexibility index (Phi) is 4.40. The number of carbonyl (C=O) groups excluding carboxylic acids is 1. The highest BCUT2D eigenvalue weighted by molar-refractivity contribution is 7.10. The van der Waals surface area contributed by atoms with Crippen molar-refractivity contribution in [2.24, 2.45) is 0 Å². The minimum atomic E-state index is -0.742. The van der Waals surface area contributed by atoms with Crippen molar-refractivity contribution in [2.45, 2.75) is 6.10 Å². The summed E-state index contributed by atoms with van der Waals surface area (Å²) in [6.45, 7) is 0.143. The average Bonchev–Trinajstić information content (AvgIpc) is 3.16. The fraction of sp³-hybridized carbons (Fsp3) is 0.167. The zero-order chi connectivity index (χ0) is 17.9. The average molecular weight is 369 g/mol. The van der Waals surface area contributed by atoms with Gasteiger partial charge in [-0.3, -0.25) is 10.1 Å². The summed E-state index contributed by atoms with van der Waals surface area (Å²) in [5.74, 6) is 2.10. The van der Waals surface area contributed by atoms with Gasteiger partial charge in [0.25, 0.3) is 5.91 Å². The summed E-state index contributed by atoms with van der Waals surface area (Å²) in [6.07, 6.45) is -0.742. The maximum absolute atomic E-state index is 12.4. The SMILES string of the molecule is COc1cccc(-c2nsc(NC(=O)[C@@H]3COc4ccccc4O3)n2)c1. The van der Waals surface area contributed by atoms with E-state index in [-0.39, 0.29) is 12.5 Å². The van der Waals surface area contributed by atoms with Gasteiger partial charge in [-0.15, -0.1) is 0 Å². The van der Waals surface area contributed by atoms with Gasteiger partial charge in [-0.25, -0.2) is 0 Å². The van der Waals surface area contributed by atoms with E-state index in [2.05, 4.69) is 14.7 Å². The van der Waals surface area contributed by atoms with E-state index in [1.54, 1.807) is 19.2 Å². The molecule has 8 heteroatoms. The Morgan fingerprint density at radius 1 is 1.23 bits per heavy atom. The van der Waals surface area contributed by atoms with E-state index in [1.807, 2.05) is 36.4 Å². The Labute approximate surface area is 153 Å².